The molecule has 0 aliphatic heterocycles. The predicted octanol–water partition coefficient (Wildman–Crippen LogP) is 2.35. The number of carbonyl (C=O) groups is 1. The Balaban J connectivity index is 2.67. The van der Waals surface area contributed by atoms with E-state index >= 15 is 0 Å². The first-order valence-electron chi connectivity index (χ1n) is 5.74. The van der Waals surface area contributed by atoms with Crippen LogP contribution in [-0.2, 0) is 10.2 Å². The monoisotopic (exact) mass is 254 g/mol. The summed E-state index contributed by atoms with van der Waals surface area (Å²) in [5.74, 6) is -2.35. The maximum Gasteiger partial charge on any atom is 0.314 e. The van der Waals surface area contributed by atoms with Crippen molar-refractivity contribution < 1.29 is 24.1 Å². The molecule has 1 aromatic rings. The molecule has 5 heteroatoms. The van der Waals surface area contributed by atoms with Gasteiger partial charge in [0.1, 0.15) is 0 Å². The van der Waals surface area contributed by atoms with Gasteiger partial charge >= 0.3 is 5.97 Å². The second-order valence-electron chi connectivity index (χ2n) is 4.67. The van der Waals surface area contributed by atoms with Crippen molar-refractivity contribution in [2.75, 3.05) is 7.11 Å². The maximum atomic E-state index is 13.6. The van der Waals surface area contributed by atoms with Crippen molar-refractivity contribution in [1.82, 2.24) is 0 Å². The normalized spacial score (nSPS) is 17.1. The Hall–Kier alpha value is -1.78. The Bertz CT molecular complexity index is 506. The van der Waals surface area contributed by atoms with Gasteiger partial charge in [-0.1, -0.05) is 6.42 Å². The van der Waals surface area contributed by atoms with E-state index in [1.54, 1.807) is 6.92 Å². The van der Waals surface area contributed by atoms with E-state index in [-0.39, 0.29) is 11.3 Å². The Morgan fingerprint density at radius 1 is 1.50 bits per heavy atom. The molecule has 0 atom stereocenters. The van der Waals surface area contributed by atoms with Gasteiger partial charge in [-0.3, -0.25) is 4.79 Å². The molecule has 0 unspecified atom stereocenters. The molecule has 1 aromatic carbocycles. The van der Waals surface area contributed by atoms with Crippen LogP contribution in [0.3, 0.4) is 0 Å². The first kappa shape index (κ1) is 12.7. The zero-order valence-electron chi connectivity index (χ0n) is 10.3. The van der Waals surface area contributed by atoms with Gasteiger partial charge in [-0.05, 0) is 31.4 Å². The molecule has 0 radical (unpaired) electrons. The molecular formula is C13H15FO4. The van der Waals surface area contributed by atoms with E-state index < -0.39 is 23.0 Å². The lowest BCUT2D eigenvalue weighted by Gasteiger charge is -2.39. The number of ether oxygens (including phenoxy) is 1. The van der Waals surface area contributed by atoms with Gasteiger partial charge in [-0.2, -0.15) is 0 Å². The summed E-state index contributed by atoms with van der Waals surface area (Å²) in [6.07, 6.45) is 1.68. The number of halogens is 1. The third-order valence-electron chi connectivity index (χ3n) is 3.71. The number of benzene rings is 1. The van der Waals surface area contributed by atoms with Crippen LogP contribution in [0.1, 0.15) is 30.4 Å². The second-order valence-corrected chi connectivity index (χ2v) is 4.67. The van der Waals surface area contributed by atoms with Crippen molar-refractivity contribution >= 4 is 5.97 Å². The summed E-state index contributed by atoms with van der Waals surface area (Å²) in [7, 11) is 1.24. The number of aryl methyl sites for hydroxylation is 1. The molecule has 4 nitrogen and oxygen atoms in total. The molecule has 0 amide bonds. The number of rotatable bonds is 3. The number of carboxylic acid groups (broad SMARTS) is 1. The molecular weight excluding hydrogens is 239 g/mol. The number of methoxy groups -OCH3 is 1. The van der Waals surface area contributed by atoms with Crippen molar-refractivity contribution in [1.29, 1.82) is 0 Å². The van der Waals surface area contributed by atoms with Crippen LogP contribution in [0.2, 0.25) is 0 Å². The lowest BCUT2D eigenvalue weighted by molar-refractivity contribution is -0.147. The summed E-state index contributed by atoms with van der Waals surface area (Å²) in [5.41, 5.74) is -0.387. The van der Waals surface area contributed by atoms with Crippen LogP contribution in [-0.4, -0.2) is 23.3 Å². The van der Waals surface area contributed by atoms with Crippen molar-refractivity contribution in [3.05, 3.63) is 23.0 Å². The lowest BCUT2D eigenvalue weighted by Crippen LogP contribution is -2.43. The van der Waals surface area contributed by atoms with Gasteiger partial charge in [0.25, 0.3) is 0 Å². The predicted molar refractivity (Wildman–Crippen MR) is 62.5 cm³/mol. The summed E-state index contributed by atoms with van der Waals surface area (Å²) >= 11 is 0. The number of aliphatic carboxylic acids is 1. The fourth-order valence-electron chi connectivity index (χ4n) is 2.64. The van der Waals surface area contributed by atoms with Crippen LogP contribution in [0, 0.1) is 12.7 Å². The number of hydrogen-bond donors (Lipinski definition) is 2. The van der Waals surface area contributed by atoms with Crippen molar-refractivity contribution in [3.63, 3.8) is 0 Å². The minimum atomic E-state index is -1.10. The van der Waals surface area contributed by atoms with Crippen LogP contribution >= 0.6 is 0 Å². The fraction of sp³-hybridized carbons (Fsp3) is 0.462. The van der Waals surface area contributed by atoms with E-state index in [1.165, 1.54) is 13.2 Å². The van der Waals surface area contributed by atoms with Gasteiger partial charge in [0.05, 0.1) is 12.5 Å². The van der Waals surface area contributed by atoms with Crippen LogP contribution in [0.4, 0.5) is 4.39 Å². The van der Waals surface area contributed by atoms with Crippen molar-refractivity contribution in [2.45, 2.75) is 31.6 Å². The van der Waals surface area contributed by atoms with Gasteiger partial charge in [0, 0.05) is 5.56 Å². The quantitative estimate of drug-likeness (QED) is 0.868. The van der Waals surface area contributed by atoms with Gasteiger partial charge in [-0.25, -0.2) is 4.39 Å². The molecule has 0 bridgehead atoms. The molecule has 1 aliphatic rings. The van der Waals surface area contributed by atoms with E-state index in [2.05, 4.69) is 0 Å². The Morgan fingerprint density at radius 3 is 2.50 bits per heavy atom. The van der Waals surface area contributed by atoms with Gasteiger partial charge in [-0.15, -0.1) is 0 Å². The number of aromatic hydroxyl groups is 1. The summed E-state index contributed by atoms with van der Waals surface area (Å²) in [5, 5.41) is 19.4. The summed E-state index contributed by atoms with van der Waals surface area (Å²) in [6, 6.07) is 1.21. The highest BCUT2D eigenvalue weighted by Crippen LogP contribution is 2.51. The van der Waals surface area contributed by atoms with Gasteiger partial charge < -0.3 is 14.9 Å². The van der Waals surface area contributed by atoms with Crippen molar-refractivity contribution in [2.24, 2.45) is 0 Å². The minimum absolute atomic E-state index is 0.277. The van der Waals surface area contributed by atoms with E-state index in [1.807, 2.05) is 0 Å². The van der Waals surface area contributed by atoms with Crippen molar-refractivity contribution in [3.8, 4) is 11.5 Å². The number of carboxylic acids is 1. The maximum absolute atomic E-state index is 13.6. The van der Waals surface area contributed by atoms with E-state index in [0.29, 0.717) is 18.4 Å². The van der Waals surface area contributed by atoms with E-state index in [0.717, 1.165) is 6.42 Å². The molecule has 0 aromatic heterocycles. The van der Waals surface area contributed by atoms with Crippen LogP contribution < -0.4 is 4.74 Å². The standard InChI is InChI=1S/C13H15FO4/c1-7-6-8(14)11(18-2)10(15)9(7)13(12(16)17)4-3-5-13/h6,15H,3-5H2,1-2H3,(H,16,17). The molecule has 2 rings (SSSR count). The fourth-order valence-corrected chi connectivity index (χ4v) is 2.64. The molecule has 18 heavy (non-hydrogen) atoms. The highest BCUT2D eigenvalue weighted by Gasteiger charge is 2.49. The number of phenols is 1. The Labute approximate surface area is 104 Å². The first-order chi connectivity index (χ1) is 8.44. The van der Waals surface area contributed by atoms with Gasteiger partial charge in [0.2, 0.25) is 0 Å². The van der Waals surface area contributed by atoms with Crippen LogP contribution in [0.5, 0.6) is 11.5 Å². The lowest BCUT2D eigenvalue weighted by atomic mass is 9.63. The average Bonchev–Trinajstić information content (AvgIpc) is 2.20. The molecule has 0 spiro atoms. The number of phenolic OH excluding ortho intramolecular Hbond substituents is 1. The Kier molecular flexibility index (Phi) is 2.92. The van der Waals surface area contributed by atoms with Crippen LogP contribution in [0.25, 0.3) is 0 Å². The average molecular weight is 254 g/mol. The highest BCUT2D eigenvalue weighted by molar-refractivity contribution is 5.85. The third kappa shape index (κ3) is 1.54. The first-order valence-corrected chi connectivity index (χ1v) is 5.74. The number of hydrogen-bond acceptors (Lipinski definition) is 3. The van der Waals surface area contributed by atoms with E-state index in [4.69, 9.17) is 4.74 Å². The smallest absolute Gasteiger partial charge is 0.314 e. The van der Waals surface area contributed by atoms with Crippen LogP contribution in [0.15, 0.2) is 6.07 Å². The molecule has 1 fully saturated rings. The molecule has 1 aliphatic carbocycles. The topological polar surface area (TPSA) is 66.8 Å². The minimum Gasteiger partial charge on any atom is -0.504 e. The summed E-state index contributed by atoms with van der Waals surface area (Å²) in [6.45, 7) is 1.60. The highest BCUT2D eigenvalue weighted by atomic mass is 19.1. The molecule has 0 saturated heterocycles. The SMILES string of the molecule is COc1c(F)cc(C)c(C2(C(=O)O)CCC2)c1O. The summed E-state index contributed by atoms with van der Waals surface area (Å²) < 4.78 is 18.4. The molecule has 0 heterocycles. The van der Waals surface area contributed by atoms with E-state index in [9.17, 15) is 19.4 Å². The molecule has 2 N–H and O–H groups in total. The largest absolute Gasteiger partial charge is 0.504 e. The zero-order valence-corrected chi connectivity index (χ0v) is 10.3. The Morgan fingerprint density at radius 2 is 2.11 bits per heavy atom. The summed E-state index contributed by atoms with van der Waals surface area (Å²) in [4.78, 5) is 11.4. The molecule has 1 saturated carbocycles. The second kappa shape index (κ2) is 4.15. The molecule has 98 valence electrons. The third-order valence-corrected chi connectivity index (χ3v) is 3.71. The van der Waals surface area contributed by atoms with Gasteiger partial charge in [0.15, 0.2) is 17.3 Å². The zero-order chi connectivity index (χ0) is 13.5.